The Morgan fingerprint density at radius 3 is 2.87 bits per heavy atom. The van der Waals surface area contributed by atoms with Crippen molar-refractivity contribution >= 4 is 21.9 Å². The molecule has 5 heteroatoms. The average Bonchev–Trinajstić information content (AvgIpc) is 2.55. The normalized spacial score (nSPS) is 9.87. The minimum atomic E-state index is -0.925. The number of carboxylic acids is 1. The van der Waals surface area contributed by atoms with Crippen molar-refractivity contribution in [1.29, 1.82) is 5.26 Å². The second-order valence-electron chi connectivity index (χ2n) is 3.17. The number of halogens is 1. The van der Waals surface area contributed by atoms with Crippen LogP contribution in [0.5, 0.6) is 0 Å². The summed E-state index contributed by atoms with van der Waals surface area (Å²) in [4.78, 5) is 10.7. The maximum atomic E-state index is 10.7. The molecule has 0 aliphatic rings. The first-order valence-corrected chi connectivity index (χ1v) is 5.40. The van der Waals surface area contributed by atoms with Gasteiger partial charge in [-0.15, -0.1) is 0 Å². The summed E-state index contributed by atoms with van der Waals surface area (Å²) in [7, 11) is 0. The molecule has 0 radical (unpaired) electrons. The number of hydrogen-bond donors (Lipinski definition) is 1. The number of aryl methyl sites for hydroxylation is 1. The van der Waals surface area contributed by atoms with E-state index in [1.165, 1.54) is 0 Å². The van der Waals surface area contributed by atoms with E-state index in [2.05, 4.69) is 22.0 Å². The lowest BCUT2D eigenvalue weighted by Crippen LogP contribution is -1.97. The maximum absolute atomic E-state index is 10.7. The van der Waals surface area contributed by atoms with Crippen LogP contribution in [0, 0.1) is 11.3 Å². The van der Waals surface area contributed by atoms with Crippen LogP contribution in [-0.2, 0) is 6.54 Å². The van der Waals surface area contributed by atoms with Gasteiger partial charge in [0.05, 0.1) is 16.2 Å². The van der Waals surface area contributed by atoms with E-state index in [4.69, 9.17) is 10.4 Å². The van der Waals surface area contributed by atoms with Gasteiger partial charge in [-0.2, -0.15) is 5.26 Å². The molecule has 0 atom stereocenters. The van der Waals surface area contributed by atoms with E-state index in [-0.39, 0.29) is 5.56 Å². The Morgan fingerprint density at radius 2 is 2.33 bits per heavy atom. The number of carboxylic acid groups (broad SMARTS) is 1. The standard InChI is InChI=1S/C10H11BrN2O2/c11-9-6-8(10(14)15)7-13(9)5-3-1-2-4-12/h6-7H,1-3,5H2,(H,14,15). The first-order chi connectivity index (χ1) is 7.15. The van der Waals surface area contributed by atoms with Crippen LogP contribution in [0.15, 0.2) is 16.9 Å². The summed E-state index contributed by atoms with van der Waals surface area (Å²) in [6, 6.07) is 3.65. The second kappa shape index (κ2) is 5.56. The van der Waals surface area contributed by atoms with E-state index in [1.54, 1.807) is 12.3 Å². The van der Waals surface area contributed by atoms with E-state index in [9.17, 15) is 4.79 Å². The van der Waals surface area contributed by atoms with Crippen molar-refractivity contribution in [1.82, 2.24) is 4.57 Å². The molecule has 0 amide bonds. The maximum Gasteiger partial charge on any atom is 0.337 e. The van der Waals surface area contributed by atoms with E-state index in [0.29, 0.717) is 6.42 Å². The first-order valence-electron chi connectivity index (χ1n) is 4.61. The average molecular weight is 271 g/mol. The summed E-state index contributed by atoms with van der Waals surface area (Å²) >= 11 is 3.29. The summed E-state index contributed by atoms with van der Waals surface area (Å²) in [5, 5.41) is 17.1. The minimum Gasteiger partial charge on any atom is -0.478 e. The molecule has 1 aromatic rings. The van der Waals surface area contributed by atoms with Crippen LogP contribution in [0.3, 0.4) is 0 Å². The smallest absolute Gasteiger partial charge is 0.337 e. The lowest BCUT2D eigenvalue weighted by molar-refractivity contribution is 0.0697. The van der Waals surface area contributed by atoms with Crippen LogP contribution in [0.2, 0.25) is 0 Å². The Hall–Kier alpha value is -1.28. The fourth-order valence-electron chi connectivity index (χ4n) is 1.25. The van der Waals surface area contributed by atoms with Gasteiger partial charge in [-0.1, -0.05) is 0 Å². The predicted octanol–water partition coefficient (Wildman–Crippen LogP) is 2.64. The molecule has 1 aromatic heterocycles. The summed E-state index contributed by atoms with van der Waals surface area (Å²) in [6.45, 7) is 0.732. The Morgan fingerprint density at radius 1 is 1.60 bits per heavy atom. The van der Waals surface area contributed by atoms with E-state index >= 15 is 0 Å². The van der Waals surface area contributed by atoms with Crippen LogP contribution in [-0.4, -0.2) is 15.6 Å². The van der Waals surface area contributed by atoms with Gasteiger partial charge in [0.15, 0.2) is 0 Å². The molecule has 0 saturated carbocycles. The molecule has 0 unspecified atom stereocenters. The zero-order chi connectivity index (χ0) is 11.3. The van der Waals surface area contributed by atoms with Gasteiger partial charge in [0, 0.05) is 19.2 Å². The van der Waals surface area contributed by atoms with Gasteiger partial charge in [0.1, 0.15) is 0 Å². The fraction of sp³-hybridized carbons (Fsp3) is 0.400. The third-order valence-electron chi connectivity index (χ3n) is 2.03. The zero-order valence-electron chi connectivity index (χ0n) is 8.11. The number of aromatic carboxylic acids is 1. The molecule has 0 fully saturated rings. The van der Waals surface area contributed by atoms with Gasteiger partial charge >= 0.3 is 5.97 Å². The van der Waals surface area contributed by atoms with Crippen molar-refractivity contribution in [2.45, 2.75) is 25.8 Å². The zero-order valence-corrected chi connectivity index (χ0v) is 9.70. The number of nitrogens with zero attached hydrogens (tertiary/aromatic N) is 2. The van der Waals surface area contributed by atoms with E-state index < -0.39 is 5.97 Å². The molecule has 0 bridgehead atoms. The fourth-order valence-corrected chi connectivity index (χ4v) is 1.78. The Balaban J connectivity index is 2.54. The molecule has 0 aromatic carbocycles. The molecule has 0 saturated heterocycles. The van der Waals surface area contributed by atoms with Crippen LogP contribution in [0.4, 0.5) is 0 Å². The van der Waals surface area contributed by atoms with Crippen molar-refractivity contribution in [2.24, 2.45) is 0 Å². The largest absolute Gasteiger partial charge is 0.478 e. The molecule has 1 rings (SSSR count). The molecule has 80 valence electrons. The summed E-state index contributed by atoms with van der Waals surface area (Å²) < 4.78 is 2.60. The third kappa shape index (κ3) is 3.40. The third-order valence-corrected chi connectivity index (χ3v) is 2.71. The van der Waals surface area contributed by atoms with Gasteiger partial charge in [-0.05, 0) is 34.8 Å². The predicted molar refractivity (Wildman–Crippen MR) is 58.6 cm³/mol. The summed E-state index contributed by atoms with van der Waals surface area (Å²) in [6.07, 6.45) is 3.85. The molecule has 0 aliphatic carbocycles. The van der Waals surface area contributed by atoms with Crippen LogP contribution in [0.25, 0.3) is 0 Å². The molecule has 0 spiro atoms. The molecular weight excluding hydrogens is 260 g/mol. The van der Waals surface area contributed by atoms with Gasteiger partial charge in [0.25, 0.3) is 0 Å². The number of nitriles is 1. The SMILES string of the molecule is N#CCCCCn1cc(C(=O)O)cc1Br. The van der Waals surface area contributed by atoms with Crippen LogP contribution < -0.4 is 0 Å². The Labute approximate surface area is 96.3 Å². The van der Waals surface area contributed by atoms with Crippen molar-refractivity contribution in [3.63, 3.8) is 0 Å². The van der Waals surface area contributed by atoms with Gasteiger partial charge in [-0.3, -0.25) is 0 Å². The minimum absolute atomic E-state index is 0.280. The molecular formula is C10H11BrN2O2. The van der Waals surface area contributed by atoms with Gasteiger partial charge < -0.3 is 9.67 Å². The molecule has 4 nitrogen and oxygen atoms in total. The lowest BCUT2D eigenvalue weighted by Gasteiger charge is -2.02. The second-order valence-corrected chi connectivity index (χ2v) is 3.98. The first kappa shape index (κ1) is 11.8. The molecule has 1 N–H and O–H groups in total. The number of unbranched alkanes of at least 4 members (excludes halogenated alkanes) is 2. The quantitative estimate of drug-likeness (QED) is 0.837. The van der Waals surface area contributed by atoms with Crippen LogP contribution in [0.1, 0.15) is 29.6 Å². The van der Waals surface area contributed by atoms with Gasteiger partial charge in [0.2, 0.25) is 0 Å². The molecule has 1 heterocycles. The summed E-state index contributed by atoms with van der Waals surface area (Å²) in [5.74, 6) is -0.925. The van der Waals surface area contributed by atoms with Crippen molar-refractivity contribution in [2.75, 3.05) is 0 Å². The van der Waals surface area contributed by atoms with E-state index in [0.717, 1.165) is 24.0 Å². The van der Waals surface area contributed by atoms with Crippen molar-refractivity contribution in [3.05, 3.63) is 22.4 Å². The Kier molecular flexibility index (Phi) is 4.37. The summed E-state index contributed by atoms with van der Waals surface area (Å²) in [5.41, 5.74) is 0.280. The number of carbonyl (C=O) groups is 1. The monoisotopic (exact) mass is 270 g/mol. The van der Waals surface area contributed by atoms with E-state index in [1.807, 2.05) is 4.57 Å². The highest BCUT2D eigenvalue weighted by atomic mass is 79.9. The highest BCUT2D eigenvalue weighted by Crippen LogP contribution is 2.16. The molecule has 15 heavy (non-hydrogen) atoms. The van der Waals surface area contributed by atoms with Crippen molar-refractivity contribution < 1.29 is 9.90 Å². The van der Waals surface area contributed by atoms with Crippen molar-refractivity contribution in [3.8, 4) is 6.07 Å². The Bertz CT molecular complexity index is 393. The highest BCUT2D eigenvalue weighted by molar-refractivity contribution is 9.10. The number of aromatic nitrogens is 1. The van der Waals surface area contributed by atoms with Gasteiger partial charge in [-0.25, -0.2) is 4.79 Å². The highest BCUT2D eigenvalue weighted by Gasteiger charge is 2.08. The number of hydrogen-bond acceptors (Lipinski definition) is 2. The lowest BCUT2D eigenvalue weighted by atomic mass is 10.2. The topological polar surface area (TPSA) is 66.0 Å². The van der Waals surface area contributed by atoms with Crippen LogP contribution >= 0.6 is 15.9 Å². The molecule has 0 aliphatic heterocycles. The number of rotatable bonds is 5.